The van der Waals surface area contributed by atoms with Gasteiger partial charge in [-0.2, -0.15) is 5.10 Å². The lowest BCUT2D eigenvalue weighted by Crippen LogP contribution is -2.48. The van der Waals surface area contributed by atoms with Gasteiger partial charge < -0.3 is 19.4 Å². The molecule has 4 heterocycles. The molecule has 1 saturated heterocycles. The van der Waals surface area contributed by atoms with E-state index in [0.717, 1.165) is 43.3 Å². The molecule has 0 bridgehead atoms. The van der Waals surface area contributed by atoms with Crippen molar-refractivity contribution in [3.63, 3.8) is 0 Å². The van der Waals surface area contributed by atoms with Crippen LogP contribution in [-0.4, -0.2) is 46.9 Å². The third-order valence-corrected chi connectivity index (χ3v) is 5.52. The Kier molecular flexibility index (Phi) is 8.13. The Balaban J connectivity index is 0.00000240. The molecule has 0 amide bonds. The fourth-order valence-electron chi connectivity index (χ4n) is 3.23. The smallest absolute Gasteiger partial charge is 0.194 e. The van der Waals surface area contributed by atoms with Crippen molar-refractivity contribution >= 4 is 41.3 Å². The van der Waals surface area contributed by atoms with E-state index in [1.54, 1.807) is 17.6 Å². The van der Waals surface area contributed by atoms with E-state index in [0.29, 0.717) is 13.2 Å². The number of halogens is 1. The topological polar surface area (TPSA) is 67.8 Å². The summed E-state index contributed by atoms with van der Waals surface area (Å²) in [5, 5.41) is 9.87. The highest BCUT2D eigenvalue weighted by atomic mass is 127. The van der Waals surface area contributed by atoms with Crippen LogP contribution in [0.15, 0.2) is 57.7 Å². The van der Waals surface area contributed by atoms with Crippen molar-refractivity contribution in [2.45, 2.75) is 19.1 Å². The molecule has 0 spiro atoms. The summed E-state index contributed by atoms with van der Waals surface area (Å²) in [6.07, 6.45) is 6.42. The van der Waals surface area contributed by atoms with Crippen molar-refractivity contribution in [1.29, 1.82) is 0 Å². The summed E-state index contributed by atoms with van der Waals surface area (Å²) in [6, 6.07) is 8.10. The van der Waals surface area contributed by atoms with Gasteiger partial charge in [-0.3, -0.25) is 4.68 Å². The summed E-state index contributed by atoms with van der Waals surface area (Å²) in [5.74, 6) is 1.89. The molecule has 9 heteroatoms. The summed E-state index contributed by atoms with van der Waals surface area (Å²) < 4.78 is 13.2. The first kappa shape index (κ1) is 21.8. The molecule has 1 aliphatic heterocycles. The van der Waals surface area contributed by atoms with Gasteiger partial charge in [-0.1, -0.05) is 6.07 Å². The lowest BCUT2D eigenvalue weighted by atomic mass is 10.1. The number of morpholine rings is 1. The zero-order chi connectivity index (χ0) is 19.2. The molecule has 4 rings (SSSR count). The van der Waals surface area contributed by atoms with E-state index in [1.165, 1.54) is 4.88 Å². The highest BCUT2D eigenvalue weighted by Gasteiger charge is 2.25. The Labute approximate surface area is 191 Å². The molecular weight excluding hydrogens is 501 g/mol. The Hall–Kier alpha value is -1.85. The average Bonchev–Trinajstić information content (AvgIpc) is 3.47. The molecule has 1 N–H and O–H groups in total. The van der Waals surface area contributed by atoms with Gasteiger partial charge in [-0.25, -0.2) is 4.99 Å². The Morgan fingerprint density at radius 2 is 2.31 bits per heavy atom. The van der Waals surface area contributed by atoms with Crippen LogP contribution in [0.5, 0.6) is 0 Å². The fourth-order valence-corrected chi connectivity index (χ4v) is 3.85. The molecule has 3 aromatic heterocycles. The molecule has 7 nitrogen and oxygen atoms in total. The number of aryl methyl sites for hydroxylation is 1. The van der Waals surface area contributed by atoms with Crippen LogP contribution in [0.25, 0.3) is 0 Å². The van der Waals surface area contributed by atoms with E-state index in [1.807, 2.05) is 36.3 Å². The molecule has 0 saturated carbocycles. The number of nitrogens with one attached hydrogen (secondary N) is 1. The number of thiophene rings is 1. The number of aliphatic imine (C=N–C) groups is 1. The number of rotatable bonds is 6. The first-order chi connectivity index (χ1) is 13.8. The molecule has 1 unspecified atom stereocenters. The van der Waals surface area contributed by atoms with Crippen LogP contribution in [-0.2, 0) is 24.8 Å². The molecule has 29 heavy (non-hydrogen) atoms. The second-order valence-electron chi connectivity index (χ2n) is 6.73. The second-order valence-corrected chi connectivity index (χ2v) is 7.76. The first-order valence-corrected chi connectivity index (χ1v) is 10.3. The van der Waals surface area contributed by atoms with Crippen molar-refractivity contribution in [3.8, 4) is 0 Å². The van der Waals surface area contributed by atoms with E-state index in [-0.39, 0.29) is 30.1 Å². The van der Waals surface area contributed by atoms with Gasteiger partial charge in [-0.05, 0) is 23.6 Å². The van der Waals surface area contributed by atoms with Crippen molar-refractivity contribution < 1.29 is 9.15 Å². The van der Waals surface area contributed by atoms with Crippen LogP contribution in [0, 0.1) is 0 Å². The summed E-state index contributed by atoms with van der Waals surface area (Å²) >= 11 is 1.73. The third kappa shape index (κ3) is 6.06. The Morgan fingerprint density at radius 1 is 1.38 bits per heavy atom. The van der Waals surface area contributed by atoms with Crippen LogP contribution in [0.4, 0.5) is 0 Å². The molecule has 1 aliphatic rings. The van der Waals surface area contributed by atoms with Crippen LogP contribution < -0.4 is 5.32 Å². The van der Waals surface area contributed by atoms with E-state index in [4.69, 9.17) is 14.1 Å². The SMILES string of the molecule is Cn1cc(C2CN(C(=NCc3cccs3)NCCc3ccco3)CCO2)cn1.I. The zero-order valence-corrected chi connectivity index (χ0v) is 19.5. The number of ether oxygens (including phenoxy) is 1. The first-order valence-electron chi connectivity index (χ1n) is 9.46. The van der Waals surface area contributed by atoms with Crippen LogP contribution in [0.2, 0.25) is 0 Å². The molecule has 0 aliphatic carbocycles. The van der Waals surface area contributed by atoms with Gasteiger partial charge >= 0.3 is 0 Å². The molecular formula is C20H26IN5O2S. The monoisotopic (exact) mass is 527 g/mol. The molecule has 1 atom stereocenters. The quantitative estimate of drug-likeness (QED) is 0.302. The van der Waals surface area contributed by atoms with Gasteiger partial charge in [-0.15, -0.1) is 35.3 Å². The zero-order valence-electron chi connectivity index (χ0n) is 16.4. The highest BCUT2D eigenvalue weighted by Crippen LogP contribution is 2.22. The van der Waals surface area contributed by atoms with Gasteiger partial charge in [0.25, 0.3) is 0 Å². The van der Waals surface area contributed by atoms with Gasteiger partial charge in [0.05, 0.1) is 32.2 Å². The van der Waals surface area contributed by atoms with Crippen LogP contribution >= 0.6 is 35.3 Å². The predicted octanol–water partition coefficient (Wildman–Crippen LogP) is 3.45. The normalized spacial score (nSPS) is 17.2. The number of guanidine groups is 1. The number of nitrogens with zero attached hydrogens (tertiary/aromatic N) is 4. The number of hydrogen-bond acceptors (Lipinski definition) is 5. The largest absolute Gasteiger partial charge is 0.469 e. The predicted molar refractivity (Wildman–Crippen MR) is 125 cm³/mol. The maximum atomic E-state index is 5.98. The average molecular weight is 527 g/mol. The van der Waals surface area contributed by atoms with E-state index < -0.39 is 0 Å². The Morgan fingerprint density at radius 3 is 3.03 bits per heavy atom. The van der Waals surface area contributed by atoms with Crippen LogP contribution in [0.1, 0.15) is 22.3 Å². The minimum atomic E-state index is 0. The van der Waals surface area contributed by atoms with Gasteiger partial charge in [0, 0.05) is 43.2 Å². The molecule has 1 fully saturated rings. The second kappa shape index (κ2) is 10.8. The van der Waals surface area contributed by atoms with Gasteiger partial charge in [0.2, 0.25) is 0 Å². The lowest BCUT2D eigenvalue weighted by Gasteiger charge is -2.35. The summed E-state index contributed by atoms with van der Waals surface area (Å²) in [5.41, 5.74) is 1.10. The summed E-state index contributed by atoms with van der Waals surface area (Å²) in [7, 11) is 1.92. The third-order valence-electron chi connectivity index (χ3n) is 4.66. The van der Waals surface area contributed by atoms with Crippen molar-refractivity contribution in [1.82, 2.24) is 20.0 Å². The van der Waals surface area contributed by atoms with Gasteiger partial charge in [0.1, 0.15) is 11.9 Å². The van der Waals surface area contributed by atoms with Crippen molar-refractivity contribution in [2.75, 3.05) is 26.2 Å². The van der Waals surface area contributed by atoms with Gasteiger partial charge in [0.15, 0.2) is 5.96 Å². The maximum Gasteiger partial charge on any atom is 0.194 e. The molecule has 3 aromatic rings. The van der Waals surface area contributed by atoms with Crippen molar-refractivity contribution in [2.24, 2.45) is 12.0 Å². The number of aromatic nitrogens is 2. The summed E-state index contributed by atoms with van der Waals surface area (Å²) in [4.78, 5) is 8.40. The number of furan rings is 1. The minimum absolute atomic E-state index is 0. The van der Waals surface area contributed by atoms with Crippen LogP contribution in [0.3, 0.4) is 0 Å². The van der Waals surface area contributed by atoms with E-state index in [2.05, 4.69) is 32.8 Å². The minimum Gasteiger partial charge on any atom is -0.469 e. The fraction of sp³-hybridized carbons (Fsp3) is 0.400. The standard InChI is InChI=1S/C20H25N5O2S.HI/c1-24-14-16(12-23-24)19-15-25(8-10-27-19)20(22-13-18-5-3-11-28-18)21-7-6-17-4-2-9-26-17;/h2-5,9,11-12,14,19H,6-8,10,13,15H2,1H3,(H,21,22);1H. The molecule has 0 aromatic carbocycles. The van der Waals surface area contributed by atoms with E-state index >= 15 is 0 Å². The van der Waals surface area contributed by atoms with Crippen molar-refractivity contribution in [3.05, 3.63) is 64.5 Å². The lowest BCUT2D eigenvalue weighted by molar-refractivity contribution is -0.00807. The highest BCUT2D eigenvalue weighted by molar-refractivity contribution is 14.0. The summed E-state index contributed by atoms with van der Waals surface area (Å²) in [6.45, 7) is 3.68. The molecule has 156 valence electrons. The Bertz CT molecular complexity index is 879. The maximum absolute atomic E-state index is 5.98. The van der Waals surface area contributed by atoms with E-state index in [9.17, 15) is 0 Å². The number of hydrogen-bond donors (Lipinski definition) is 1. The molecule has 0 radical (unpaired) electrons.